The maximum Gasteiger partial charge on any atom is 0.230 e. The summed E-state index contributed by atoms with van der Waals surface area (Å²) in [4.78, 5) is 24.6. The Morgan fingerprint density at radius 3 is 2.52 bits per heavy atom. The van der Waals surface area contributed by atoms with Gasteiger partial charge in [0.25, 0.3) is 0 Å². The minimum atomic E-state index is -0.0239. The van der Waals surface area contributed by atoms with E-state index in [1.165, 1.54) is 51.4 Å². The van der Waals surface area contributed by atoms with Crippen LogP contribution in [0.3, 0.4) is 0 Å². The van der Waals surface area contributed by atoms with Gasteiger partial charge < -0.3 is 0 Å². The molecule has 1 N–H and O–H groups in total. The van der Waals surface area contributed by atoms with Gasteiger partial charge in [-0.25, -0.2) is 0 Å². The van der Waals surface area contributed by atoms with Gasteiger partial charge in [0.15, 0.2) is 0 Å². The maximum absolute atomic E-state index is 12.6. The molecule has 1 heterocycles. The number of carbonyl (C=O) groups is 2. The van der Waals surface area contributed by atoms with E-state index in [0.717, 1.165) is 18.8 Å². The number of amides is 2. The predicted octanol–water partition coefficient (Wildman–Crippen LogP) is 3.82. The van der Waals surface area contributed by atoms with E-state index in [1.54, 1.807) is 0 Å². The Bertz CT molecular complexity index is 413. The summed E-state index contributed by atoms with van der Waals surface area (Å²) in [5.41, 5.74) is -0.0155. The Labute approximate surface area is 128 Å². The van der Waals surface area contributed by atoms with Gasteiger partial charge in [0, 0.05) is 12.3 Å². The van der Waals surface area contributed by atoms with Crippen LogP contribution in [0, 0.1) is 23.2 Å². The van der Waals surface area contributed by atoms with Crippen molar-refractivity contribution in [2.75, 3.05) is 0 Å². The first-order chi connectivity index (χ1) is 10.1. The van der Waals surface area contributed by atoms with Crippen LogP contribution in [0.25, 0.3) is 0 Å². The van der Waals surface area contributed by atoms with Crippen molar-refractivity contribution in [3.63, 3.8) is 0 Å². The summed E-state index contributed by atoms with van der Waals surface area (Å²) < 4.78 is 0. The summed E-state index contributed by atoms with van der Waals surface area (Å²) in [6.45, 7) is 2.27. The first kappa shape index (κ1) is 15.1. The molecule has 3 atom stereocenters. The Balaban J connectivity index is 1.86. The van der Waals surface area contributed by atoms with Gasteiger partial charge in [-0.1, -0.05) is 39.0 Å². The standard InChI is InChI=1S/C18H29NO2/c1-2-13-6-5-10-18(11-9-13)12-15(20)19-17(21)16(18)14-7-3-4-8-14/h13-14,16H,2-12H2,1H3,(H,19,20,21). The van der Waals surface area contributed by atoms with Crippen molar-refractivity contribution >= 4 is 11.8 Å². The molecule has 0 aromatic heterocycles. The molecule has 3 unspecified atom stereocenters. The van der Waals surface area contributed by atoms with Crippen LogP contribution in [-0.2, 0) is 9.59 Å². The third-order valence-corrected chi connectivity index (χ3v) is 6.50. The quantitative estimate of drug-likeness (QED) is 0.786. The highest BCUT2D eigenvalue weighted by atomic mass is 16.2. The molecular formula is C18H29NO2. The van der Waals surface area contributed by atoms with Gasteiger partial charge >= 0.3 is 0 Å². The highest BCUT2D eigenvalue weighted by Crippen LogP contribution is 2.53. The van der Waals surface area contributed by atoms with Crippen molar-refractivity contribution in [1.29, 1.82) is 0 Å². The molecule has 1 saturated heterocycles. The summed E-state index contributed by atoms with van der Waals surface area (Å²) in [7, 11) is 0. The lowest BCUT2D eigenvalue weighted by molar-refractivity contribution is -0.147. The summed E-state index contributed by atoms with van der Waals surface area (Å²) in [5, 5.41) is 2.65. The summed E-state index contributed by atoms with van der Waals surface area (Å²) in [6, 6.07) is 0. The third kappa shape index (κ3) is 2.89. The molecule has 2 aliphatic carbocycles. The molecule has 0 aromatic rings. The highest BCUT2D eigenvalue weighted by molar-refractivity contribution is 5.99. The second-order valence-corrected chi connectivity index (χ2v) is 7.68. The SMILES string of the molecule is CCC1CCCC2(CC1)CC(=O)NC(=O)C2C1CCCC1. The smallest absolute Gasteiger partial charge is 0.230 e. The third-order valence-electron chi connectivity index (χ3n) is 6.50. The predicted molar refractivity (Wildman–Crippen MR) is 82.5 cm³/mol. The maximum atomic E-state index is 12.6. The average molecular weight is 291 g/mol. The van der Waals surface area contributed by atoms with E-state index >= 15 is 0 Å². The molecule has 0 radical (unpaired) electrons. The van der Waals surface area contributed by atoms with Gasteiger partial charge in [0.1, 0.15) is 0 Å². The van der Waals surface area contributed by atoms with Gasteiger partial charge in [0.05, 0.1) is 0 Å². The van der Waals surface area contributed by atoms with E-state index < -0.39 is 0 Å². The van der Waals surface area contributed by atoms with Crippen molar-refractivity contribution in [2.24, 2.45) is 23.2 Å². The van der Waals surface area contributed by atoms with Crippen LogP contribution in [0.1, 0.15) is 77.6 Å². The molecule has 2 saturated carbocycles. The zero-order valence-corrected chi connectivity index (χ0v) is 13.3. The normalized spacial score (nSPS) is 38.5. The number of hydrogen-bond acceptors (Lipinski definition) is 2. The molecule has 2 amide bonds. The van der Waals surface area contributed by atoms with E-state index in [-0.39, 0.29) is 23.1 Å². The van der Waals surface area contributed by atoms with Gasteiger partial charge in [-0.3, -0.25) is 14.9 Å². The second kappa shape index (κ2) is 6.10. The van der Waals surface area contributed by atoms with Crippen LogP contribution in [0.4, 0.5) is 0 Å². The summed E-state index contributed by atoms with van der Waals surface area (Å²) in [5.74, 6) is 1.45. The van der Waals surface area contributed by atoms with Crippen LogP contribution in [0.2, 0.25) is 0 Å². The van der Waals surface area contributed by atoms with Crippen molar-refractivity contribution in [2.45, 2.75) is 77.6 Å². The van der Waals surface area contributed by atoms with E-state index in [4.69, 9.17) is 0 Å². The lowest BCUT2D eigenvalue weighted by Gasteiger charge is -2.45. The van der Waals surface area contributed by atoms with Gasteiger partial charge in [-0.15, -0.1) is 0 Å². The molecule has 3 heteroatoms. The Morgan fingerprint density at radius 2 is 1.81 bits per heavy atom. The van der Waals surface area contributed by atoms with Crippen LogP contribution >= 0.6 is 0 Å². The molecule has 3 rings (SSSR count). The van der Waals surface area contributed by atoms with Gasteiger partial charge in [-0.2, -0.15) is 0 Å². The van der Waals surface area contributed by atoms with E-state index in [2.05, 4.69) is 12.2 Å². The molecule has 0 bridgehead atoms. The minimum absolute atomic E-state index is 0.0155. The lowest BCUT2D eigenvalue weighted by atomic mass is 9.61. The number of piperidine rings is 1. The summed E-state index contributed by atoms with van der Waals surface area (Å²) in [6.07, 6.45) is 12.6. The van der Waals surface area contributed by atoms with Crippen LogP contribution in [0.5, 0.6) is 0 Å². The van der Waals surface area contributed by atoms with Crippen molar-refractivity contribution in [3.8, 4) is 0 Å². The zero-order chi connectivity index (χ0) is 14.9. The van der Waals surface area contributed by atoms with E-state index in [9.17, 15) is 9.59 Å². The number of hydrogen-bond donors (Lipinski definition) is 1. The van der Waals surface area contributed by atoms with Crippen LogP contribution in [0.15, 0.2) is 0 Å². The average Bonchev–Trinajstić information content (AvgIpc) is 2.87. The molecule has 0 aromatic carbocycles. The number of nitrogens with one attached hydrogen (secondary N) is 1. The van der Waals surface area contributed by atoms with Crippen LogP contribution in [-0.4, -0.2) is 11.8 Å². The molecule has 3 nitrogen and oxygen atoms in total. The molecule has 3 fully saturated rings. The first-order valence-electron chi connectivity index (χ1n) is 8.98. The van der Waals surface area contributed by atoms with Crippen molar-refractivity contribution in [3.05, 3.63) is 0 Å². The van der Waals surface area contributed by atoms with Crippen LogP contribution < -0.4 is 5.32 Å². The number of imide groups is 1. The van der Waals surface area contributed by atoms with Crippen molar-refractivity contribution < 1.29 is 9.59 Å². The van der Waals surface area contributed by atoms with E-state index in [0.29, 0.717) is 12.3 Å². The van der Waals surface area contributed by atoms with Crippen molar-refractivity contribution in [1.82, 2.24) is 5.32 Å². The lowest BCUT2D eigenvalue weighted by Crippen LogP contribution is -2.54. The first-order valence-corrected chi connectivity index (χ1v) is 8.98. The minimum Gasteiger partial charge on any atom is -0.296 e. The highest BCUT2D eigenvalue weighted by Gasteiger charge is 2.51. The Kier molecular flexibility index (Phi) is 4.37. The Morgan fingerprint density at radius 1 is 1.05 bits per heavy atom. The number of carbonyl (C=O) groups excluding carboxylic acids is 2. The molecule has 118 valence electrons. The molecule has 1 aliphatic heterocycles. The fourth-order valence-corrected chi connectivity index (χ4v) is 5.37. The fraction of sp³-hybridized carbons (Fsp3) is 0.889. The Hall–Kier alpha value is -0.860. The molecule has 3 aliphatic rings. The monoisotopic (exact) mass is 291 g/mol. The van der Waals surface area contributed by atoms with Gasteiger partial charge in [-0.05, 0) is 49.4 Å². The molecule has 1 spiro atoms. The second-order valence-electron chi connectivity index (χ2n) is 7.68. The zero-order valence-electron chi connectivity index (χ0n) is 13.3. The van der Waals surface area contributed by atoms with E-state index in [1.807, 2.05) is 0 Å². The number of rotatable bonds is 2. The largest absolute Gasteiger partial charge is 0.296 e. The molecular weight excluding hydrogens is 262 g/mol. The fourth-order valence-electron chi connectivity index (χ4n) is 5.37. The topological polar surface area (TPSA) is 46.2 Å². The van der Waals surface area contributed by atoms with Gasteiger partial charge in [0.2, 0.25) is 11.8 Å². The molecule has 21 heavy (non-hydrogen) atoms. The summed E-state index contributed by atoms with van der Waals surface area (Å²) >= 11 is 0.